The molecule has 1 amide bonds. The van der Waals surface area contributed by atoms with Gasteiger partial charge in [-0.25, -0.2) is 4.79 Å². The first-order chi connectivity index (χ1) is 7.93. The molecular weight excluding hydrogens is 218 g/mol. The predicted molar refractivity (Wildman–Crippen MR) is 65.4 cm³/mol. The van der Waals surface area contributed by atoms with Crippen LogP contribution in [0.4, 0.5) is 0 Å². The minimum absolute atomic E-state index is 0.147. The number of amides is 1. The summed E-state index contributed by atoms with van der Waals surface area (Å²) in [4.78, 5) is 24.6. The van der Waals surface area contributed by atoms with Crippen molar-refractivity contribution in [3.8, 4) is 0 Å². The number of aliphatic carboxylic acids is 1. The smallest absolute Gasteiger partial charge is 0.326 e. The van der Waals surface area contributed by atoms with E-state index in [1.807, 2.05) is 0 Å². The highest BCUT2D eigenvalue weighted by Gasteiger charge is 2.37. The summed E-state index contributed by atoms with van der Waals surface area (Å²) in [6.45, 7) is 11.1. The van der Waals surface area contributed by atoms with E-state index < -0.39 is 12.0 Å². The van der Waals surface area contributed by atoms with Gasteiger partial charge in [-0.15, -0.1) is 0 Å². The summed E-state index contributed by atoms with van der Waals surface area (Å²) in [5.74, 6) is -1.41. The molecule has 0 saturated carbocycles. The molecule has 0 saturated heterocycles. The second-order valence-electron chi connectivity index (χ2n) is 4.31. The summed E-state index contributed by atoms with van der Waals surface area (Å²) in [6, 6.07) is -0.810. The molecule has 0 spiro atoms. The van der Waals surface area contributed by atoms with Crippen LogP contribution in [0, 0.1) is 5.92 Å². The molecule has 17 heavy (non-hydrogen) atoms. The normalized spacial score (nSPS) is 17.6. The van der Waals surface area contributed by atoms with Gasteiger partial charge in [0.15, 0.2) is 0 Å². The number of carboxylic acids is 1. The Bertz CT molecular complexity index is 407. The van der Waals surface area contributed by atoms with Crippen LogP contribution in [0.3, 0.4) is 0 Å². The number of carboxylic acid groups (broad SMARTS) is 1. The van der Waals surface area contributed by atoms with Crippen molar-refractivity contribution in [2.45, 2.75) is 19.9 Å². The Morgan fingerprint density at radius 1 is 1.41 bits per heavy atom. The Morgan fingerprint density at radius 3 is 2.29 bits per heavy atom. The van der Waals surface area contributed by atoms with E-state index in [0.29, 0.717) is 12.1 Å². The van der Waals surface area contributed by atoms with Crippen molar-refractivity contribution in [1.82, 2.24) is 4.90 Å². The highest BCUT2D eigenvalue weighted by molar-refractivity contribution is 6.02. The largest absolute Gasteiger partial charge is 0.480 e. The number of rotatable bonds is 5. The van der Waals surface area contributed by atoms with Gasteiger partial charge in [-0.2, -0.15) is 0 Å². The molecule has 1 N–H and O–H groups in total. The molecule has 0 radical (unpaired) electrons. The summed E-state index contributed by atoms with van der Waals surface area (Å²) in [7, 11) is 0. The zero-order valence-electron chi connectivity index (χ0n) is 10.1. The van der Waals surface area contributed by atoms with Crippen LogP contribution < -0.4 is 0 Å². The Hall–Kier alpha value is -1.84. The van der Waals surface area contributed by atoms with Gasteiger partial charge in [0.05, 0.1) is 0 Å². The maximum absolute atomic E-state index is 12.0. The van der Waals surface area contributed by atoms with Crippen LogP contribution in [0.15, 0.2) is 36.5 Å². The number of carbonyl (C=O) groups excluding carboxylic acids is 1. The summed E-state index contributed by atoms with van der Waals surface area (Å²) in [5, 5.41) is 9.18. The second kappa shape index (κ2) is 4.99. The third-order valence-corrected chi connectivity index (χ3v) is 2.85. The molecule has 1 atom stereocenters. The molecule has 0 aliphatic carbocycles. The lowest BCUT2D eigenvalue weighted by Crippen LogP contribution is -2.46. The fraction of sp³-hybridized carbons (Fsp3) is 0.385. The van der Waals surface area contributed by atoms with Gasteiger partial charge in [-0.05, 0) is 11.5 Å². The molecular formula is C13H17NO3. The van der Waals surface area contributed by atoms with E-state index in [0.717, 1.165) is 5.57 Å². The van der Waals surface area contributed by atoms with E-state index in [4.69, 9.17) is 0 Å². The first-order valence-electron chi connectivity index (χ1n) is 5.45. The molecule has 1 unspecified atom stereocenters. The van der Waals surface area contributed by atoms with E-state index in [1.54, 1.807) is 19.9 Å². The fourth-order valence-corrected chi connectivity index (χ4v) is 2.03. The molecule has 4 heteroatoms. The lowest BCUT2D eigenvalue weighted by Gasteiger charge is -2.27. The molecule has 1 rings (SSSR count). The van der Waals surface area contributed by atoms with Gasteiger partial charge in [-0.3, -0.25) is 4.79 Å². The highest BCUT2D eigenvalue weighted by Crippen LogP contribution is 2.25. The predicted octanol–water partition coefficient (Wildman–Crippen LogP) is 1.61. The van der Waals surface area contributed by atoms with Gasteiger partial charge >= 0.3 is 5.97 Å². The number of carbonyl (C=O) groups is 2. The first-order valence-corrected chi connectivity index (χ1v) is 5.45. The van der Waals surface area contributed by atoms with Crippen LogP contribution >= 0.6 is 0 Å². The van der Waals surface area contributed by atoms with Crippen LogP contribution in [-0.2, 0) is 9.59 Å². The Kier molecular flexibility index (Phi) is 3.89. The molecule has 1 aliphatic heterocycles. The molecule has 0 aromatic rings. The average Bonchev–Trinajstić information content (AvgIpc) is 2.54. The van der Waals surface area contributed by atoms with Crippen LogP contribution in [0.1, 0.15) is 13.8 Å². The minimum Gasteiger partial charge on any atom is -0.480 e. The quantitative estimate of drug-likeness (QED) is 0.787. The second-order valence-corrected chi connectivity index (χ2v) is 4.31. The SMILES string of the molecule is C=CC1=C(C=C)C(=O)N(C(C(=O)O)C(C)C)C1. The molecule has 0 aromatic carbocycles. The van der Waals surface area contributed by atoms with Gasteiger partial charge in [-0.1, -0.05) is 39.2 Å². The third-order valence-electron chi connectivity index (χ3n) is 2.85. The maximum Gasteiger partial charge on any atom is 0.326 e. The minimum atomic E-state index is -0.984. The van der Waals surface area contributed by atoms with E-state index in [1.165, 1.54) is 11.0 Å². The van der Waals surface area contributed by atoms with Crippen molar-refractivity contribution in [3.05, 3.63) is 36.5 Å². The van der Waals surface area contributed by atoms with Gasteiger partial charge in [0, 0.05) is 12.1 Å². The lowest BCUT2D eigenvalue weighted by molar-refractivity contribution is -0.149. The molecule has 1 heterocycles. The van der Waals surface area contributed by atoms with Gasteiger partial charge in [0.1, 0.15) is 6.04 Å². The van der Waals surface area contributed by atoms with E-state index in [-0.39, 0.29) is 11.8 Å². The Labute approximate surface area is 101 Å². The van der Waals surface area contributed by atoms with E-state index in [9.17, 15) is 14.7 Å². The van der Waals surface area contributed by atoms with Crippen molar-refractivity contribution in [1.29, 1.82) is 0 Å². The van der Waals surface area contributed by atoms with Gasteiger partial charge in [0.2, 0.25) is 0 Å². The van der Waals surface area contributed by atoms with E-state index >= 15 is 0 Å². The van der Waals surface area contributed by atoms with Crippen molar-refractivity contribution >= 4 is 11.9 Å². The third kappa shape index (κ3) is 2.30. The van der Waals surface area contributed by atoms with Crippen molar-refractivity contribution in [2.24, 2.45) is 5.92 Å². The highest BCUT2D eigenvalue weighted by atomic mass is 16.4. The standard InChI is InChI=1S/C13H17NO3/c1-5-9-7-14(12(15)10(9)6-2)11(8(3)4)13(16)17/h5-6,8,11H,1-2,7H2,3-4H3,(H,16,17). The molecule has 92 valence electrons. The summed E-state index contributed by atoms with van der Waals surface area (Å²) >= 11 is 0. The van der Waals surface area contributed by atoms with Gasteiger partial charge < -0.3 is 10.0 Å². The maximum atomic E-state index is 12.0. The molecule has 1 aliphatic rings. The molecule has 0 aromatic heterocycles. The number of hydrogen-bond acceptors (Lipinski definition) is 2. The zero-order valence-corrected chi connectivity index (χ0v) is 10.1. The number of nitrogens with zero attached hydrogens (tertiary/aromatic N) is 1. The van der Waals surface area contributed by atoms with Crippen molar-refractivity contribution in [3.63, 3.8) is 0 Å². The topological polar surface area (TPSA) is 57.6 Å². The molecule has 0 fully saturated rings. The van der Waals surface area contributed by atoms with Crippen molar-refractivity contribution in [2.75, 3.05) is 6.54 Å². The average molecular weight is 235 g/mol. The van der Waals surface area contributed by atoms with Crippen LogP contribution in [0.5, 0.6) is 0 Å². The monoisotopic (exact) mass is 235 g/mol. The van der Waals surface area contributed by atoms with E-state index in [2.05, 4.69) is 13.2 Å². The lowest BCUT2D eigenvalue weighted by atomic mass is 10.0. The first kappa shape index (κ1) is 13.2. The molecule has 0 bridgehead atoms. The van der Waals surface area contributed by atoms with Crippen LogP contribution in [-0.4, -0.2) is 34.5 Å². The fourth-order valence-electron chi connectivity index (χ4n) is 2.03. The number of hydrogen-bond donors (Lipinski definition) is 1. The zero-order chi connectivity index (χ0) is 13.2. The summed E-state index contributed by atoms with van der Waals surface area (Å²) in [6.07, 6.45) is 3.03. The Balaban J connectivity index is 3.06. The van der Waals surface area contributed by atoms with Crippen LogP contribution in [0.25, 0.3) is 0 Å². The van der Waals surface area contributed by atoms with Crippen molar-refractivity contribution < 1.29 is 14.7 Å². The van der Waals surface area contributed by atoms with Crippen LogP contribution in [0.2, 0.25) is 0 Å². The van der Waals surface area contributed by atoms with Gasteiger partial charge in [0.25, 0.3) is 5.91 Å². The summed E-state index contributed by atoms with van der Waals surface area (Å²) < 4.78 is 0. The Morgan fingerprint density at radius 2 is 2.00 bits per heavy atom. The summed E-state index contributed by atoms with van der Waals surface area (Å²) in [5.41, 5.74) is 1.18. The molecule has 4 nitrogen and oxygen atoms in total.